The Morgan fingerprint density at radius 3 is 2.79 bits per heavy atom. The molecule has 4 nitrogen and oxygen atoms in total. The van der Waals surface area contributed by atoms with Crippen molar-refractivity contribution in [2.24, 2.45) is 23.7 Å². The van der Waals surface area contributed by atoms with E-state index >= 15 is 0 Å². The lowest BCUT2D eigenvalue weighted by Crippen LogP contribution is -2.43. The number of rotatable bonds is 0. The van der Waals surface area contributed by atoms with Gasteiger partial charge in [0, 0.05) is 11.8 Å². The van der Waals surface area contributed by atoms with Crippen molar-refractivity contribution in [1.29, 1.82) is 0 Å². The molecule has 3 aliphatic rings. The van der Waals surface area contributed by atoms with Crippen LogP contribution in [0, 0.1) is 23.7 Å². The minimum atomic E-state index is -1.01. The van der Waals surface area contributed by atoms with Crippen molar-refractivity contribution in [2.75, 3.05) is 0 Å². The third-order valence-corrected chi connectivity index (χ3v) is 5.26. The van der Waals surface area contributed by atoms with Gasteiger partial charge in [-0.15, -0.1) is 0 Å². The highest BCUT2D eigenvalue weighted by Crippen LogP contribution is 2.51. The summed E-state index contributed by atoms with van der Waals surface area (Å²) in [6.07, 6.45) is 2.65. The maximum absolute atomic E-state index is 12.2. The smallest absolute Gasteiger partial charge is 0.309 e. The van der Waals surface area contributed by atoms with Crippen LogP contribution >= 0.6 is 0 Å². The summed E-state index contributed by atoms with van der Waals surface area (Å²) >= 11 is 0. The molecule has 4 heteroatoms. The molecule has 0 bridgehead atoms. The lowest BCUT2D eigenvalue weighted by Gasteiger charge is -2.33. The van der Waals surface area contributed by atoms with Gasteiger partial charge in [-0.25, -0.2) is 0 Å². The summed E-state index contributed by atoms with van der Waals surface area (Å²) in [5, 5.41) is 10.6. The van der Waals surface area contributed by atoms with Crippen molar-refractivity contribution >= 4 is 11.8 Å². The molecular weight excluding hydrogens is 244 g/mol. The van der Waals surface area contributed by atoms with E-state index in [0.29, 0.717) is 6.42 Å². The van der Waals surface area contributed by atoms with Gasteiger partial charge in [0.2, 0.25) is 0 Å². The van der Waals surface area contributed by atoms with E-state index in [1.54, 1.807) is 13.0 Å². The Bertz CT molecular complexity index is 477. The number of carbonyl (C=O) groups is 2. The molecule has 0 aromatic rings. The van der Waals surface area contributed by atoms with E-state index in [9.17, 15) is 14.7 Å². The number of fused-ring (bicyclic) bond motifs is 3. The van der Waals surface area contributed by atoms with Crippen molar-refractivity contribution in [1.82, 2.24) is 0 Å². The SMILES string of the molecule is CC1=CC(=O)C2C1C1OC(=O)C(C)C1CCC2(C)O. The van der Waals surface area contributed by atoms with Crippen LogP contribution < -0.4 is 0 Å². The third kappa shape index (κ3) is 1.69. The average Bonchev–Trinajstić information content (AvgIpc) is 2.71. The molecule has 6 unspecified atom stereocenters. The molecule has 0 aromatic carbocycles. The Morgan fingerprint density at radius 2 is 2.11 bits per heavy atom. The second-order valence-corrected chi connectivity index (χ2v) is 6.54. The van der Waals surface area contributed by atoms with Crippen LogP contribution in [0.15, 0.2) is 11.6 Å². The first-order valence-electron chi connectivity index (χ1n) is 6.98. The third-order valence-electron chi connectivity index (χ3n) is 5.26. The number of aliphatic hydroxyl groups is 1. The predicted molar refractivity (Wildman–Crippen MR) is 68.1 cm³/mol. The summed E-state index contributed by atoms with van der Waals surface area (Å²) in [4.78, 5) is 24.0. The zero-order chi connectivity index (χ0) is 13.9. The van der Waals surface area contributed by atoms with Crippen LogP contribution in [-0.2, 0) is 14.3 Å². The van der Waals surface area contributed by atoms with Gasteiger partial charge in [-0.1, -0.05) is 12.5 Å². The van der Waals surface area contributed by atoms with Crippen molar-refractivity contribution < 1.29 is 19.4 Å². The number of carbonyl (C=O) groups excluding carboxylic acids is 2. The van der Waals surface area contributed by atoms with E-state index in [0.717, 1.165) is 12.0 Å². The molecule has 0 spiro atoms. The Morgan fingerprint density at radius 1 is 1.42 bits per heavy atom. The zero-order valence-electron chi connectivity index (χ0n) is 11.6. The van der Waals surface area contributed by atoms with Crippen LogP contribution in [0.1, 0.15) is 33.6 Å². The first kappa shape index (κ1) is 12.9. The van der Waals surface area contributed by atoms with E-state index in [4.69, 9.17) is 4.74 Å². The quantitative estimate of drug-likeness (QED) is 0.673. The zero-order valence-corrected chi connectivity index (χ0v) is 11.6. The second-order valence-electron chi connectivity index (χ2n) is 6.54. The fraction of sp³-hybridized carbons (Fsp3) is 0.733. The van der Waals surface area contributed by atoms with E-state index in [1.165, 1.54) is 0 Å². The van der Waals surface area contributed by atoms with Crippen LogP contribution in [0.2, 0.25) is 0 Å². The van der Waals surface area contributed by atoms with Crippen LogP contribution in [0.5, 0.6) is 0 Å². The van der Waals surface area contributed by atoms with Crippen LogP contribution in [0.3, 0.4) is 0 Å². The first-order chi connectivity index (χ1) is 8.83. The highest BCUT2D eigenvalue weighted by atomic mass is 16.6. The van der Waals surface area contributed by atoms with E-state index in [1.807, 2.05) is 13.8 Å². The summed E-state index contributed by atoms with van der Waals surface area (Å²) in [6.45, 7) is 5.53. The number of hydrogen-bond acceptors (Lipinski definition) is 4. The van der Waals surface area contributed by atoms with Gasteiger partial charge in [-0.3, -0.25) is 9.59 Å². The molecule has 1 saturated heterocycles. The summed E-state index contributed by atoms with van der Waals surface area (Å²) in [5.74, 6) is -0.818. The maximum atomic E-state index is 12.2. The molecule has 0 aromatic heterocycles. The van der Waals surface area contributed by atoms with Gasteiger partial charge in [0.25, 0.3) is 0 Å². The Hall–Kier alpha value is -1.16. The van der Waals surface area contributed by atoms with Crippen molar-refractivity contribution in [2.45, 2.75) is 45.3 Å². The van der Waals surface area contributed by atoms with E-state index in [2.05, 4.69) is 0 Å². The molecule has 1 heterocycles. The molecule has 19 heavy (non-hydrogen) atoms. The molecule has 0 radical (unpaired) electrons. The molecule has 6 atom stereocenters. The fourth-order valence-corrected chi connectivity index (χ4v) is 4.15. The summed E-state index contributed by atoms with van der Waals surface area (Å²) in [6, 6.07) is 0. The average molecular weight is 264 g/mol. The number of allylic oxidation sites excluding steroid dienone is 1. The normalized spacial score (nSPS) is 49.3. The lowest BCUT2D eigenvalue weighted by atomic mass is 9.75. The van der Waals surface area contributed by atoms with Gasteiger partial charge in [-0.2, -0.15) is 0 Å². The highest BCUT2D eigenvalue weighted by Gasteiger charge is 2.57. The standard InChI is InChI=1S/C15H20O4/c1-7-6-10(16)12-11(7)13-9(4-5-15(12,3)18)8(2)14(17)19-13/h6,8-9,11-13,18H,4-5H2,1-3H3. The van der Waals surface area contributed by atoms with E-state index < -0.39 is 11.5 Å². The number of ether oxygens (including phenoxy) is 1. The highest BCUT2D eigenvalue weighted by molar-refractivity contribution is 5.96. The van der Waals surface area contributed by atoms with Gasteiger partial charge >= 0.3 is 5.97 Å². The van der Waals surface area contributed by atoms with Gasteiger partial charge in [-0.05, 0) is 32.8 Å². The Kier molecular flexibility index (Phi) is 2.65. The minimum Gasteiger partial charge on any atom is -0.461 e. The maximum Gasteiger partial charge on any atom is 0.309 e. The van der Waals surface area contributed by atoms with Gasteiger partial charge < -0.3 is 9.84 Å². The molecule has 2 fully saturated rings. The van der Waals surface area contributed by atoms with Gasteiger partial charge in [0.15, 0.2) is 5.78 Å². The second kappa shape index (κ2) is 3.92. The number of ketones is 1. The van der Waals surface area contributed by atoms with E-state index in [-0.39, 0.29) is 35.6 Å². The van der Waals surface area contributed by atoms with Crippen molar-refractivity contribution in [3.63, 3.8) is 0 Å². The Balaban J connectivity index is 2.05. The lowest BCUT2D eigenvalue weighted by molar-refractivity contribution is -0.148. The molecule has 1 saturated carbocycles. The minimum absolute atomic E-state index is 0.0243. The molecule has 1 N–H and O–H groups in total. The first-order valence-corrected chi connectivity index (χ1v) is 6.98. The molecule has 3 rings (SSSR count). The molecule has 1 aliphatic heterocycles. The van der Waals surface area contributed by atoms with Crippen LogP contribution in [0.4, 0.5) is 0 Å². The van der Waals surface area contributed by atoms with Crippen molar-refractivity contribution in [3.8, 4) is 0 Å². The predicted octanol–water partition coefficient (Wildman–Crippen LogP) is 1.47. The number of hydrogen-bond donors (Lipinski definition) is 1. The largest absolute Gasteiger partial charge is 0.461 e. The van der Waals surface area contributed by atoms with Crippen LogP contribution in [-0.4, -0.2) is 28.6 Å². The topological polar surface area (TPSA) is 63.6 Å². The monoisotopic (exact) mass is 264 g/mol. The van der Waals surface area contributed by atoms with Gasteiger partial charge in [0.05, 0.1) is 17.4 Å². The molecule has 0 amide bonds. The summed E-state index contributed by atoms with van der Waals surface area (Å²) in [5.41, 5.74) is -0.0685. The van der Waals surface area contributed by atoms with Gasteiger partial charge in [0.1, 0.15) is 6.10 Å². The molecule has 2 aliphatic carbocycles. The number of esters is 1. The summed E-state index contributed by atoms with van der Waals surface area (Å²) < 4.78 is 5.54. The Labute approximate surface area is 112 Å². The summed E-state index contributed by atoms with van der Waals surface area (Å²) in [7, 11) is 0. The fourth-order valence-electron chi connectivity index (χ4n) is 4.15. The molecule has 104 valence electrons. The van der Waals surface area contributed by atoms with Crippen molar-refractivity contribution in [3.05, 3.63) is 11.6 Å². The van der Waals surface area contributed by atoms with Crippen LogP contribution in [0.25, 0.3) is 0 Å². The molecular formula is C15H20O4.